The Labute approximate surface area is 179 Å². The smallest absolute Gasteiger partial charge is 0.400 e. The van der Waals surface area contributed by atoms with Gasteiger partial charge in [-0.1, -0.05) is 0 Å². The van der Waals surface area contributed by atoms with E-state index in [4.69, 9.17) is 5.11 Å². The first-order valence-corrected chi connectivity index (χ1v) is 9.90. The zero-order valence-electron chi connectivity index (χ0n) is 17.1. The summed E-state index contributed by atoms with van der Waals surface area (Å²) in [6, 6.07) is 1.38. The Morgan fingerprint density at radius 1 is 1.19 bits per heavy atom. The molecule has 0 aliphatic carbocycles. The lowest BCUT2D eigenvalue weighted by Crippen LogP contribution is -2.39. The molecule has 2 aromatic rings. The standard InChI is InChI=1S/C19H18F6N4O.CH4O/c20-14-4-3-11(9-13(14)19(23,24)25)26-17(30)28-8-5-15-12(10-28)16-18(21,22)6-1-2-7-29(16)27-15;1-2/h3-4,9H,1-2,5-8,10H2,(H,26,30);2H,1H3. The first kappa shape index (κ1) is 23.9. The zero-order chi connectivity index (χ0) is 23.7. The van der Waals surface area contributed by atoms with Crippen molar-refractivity contribution in [3.05, 3.63) is 46.5 Å². The molecule has 1 aromatic heterocycles. The SMILES string of the molecule is CO.O=C(Nc1ccc(F)c(C(F)(F)F)c1)N1CCc2nn3c(c2C1)C(F)(F)CCCC3. The molecule has 0 spiro atoms. The zero-order valence-corrected chi connectivity index (χ0v) is 17.1. The second-order valence-corrected chi connectivity index (χ2v) is 7.45. The number of rotatable bonds is 1. The number of aliphatic hydroxyl groups is 1. The van der Waals surface area contributed by atoms with Gasteiger partial charge in [0.15, 0.2) is 0 Å². The van der Waals surface area contributed by atoms with E-state index in [1.54, 1.807) is 0 Å². The number of amides is 2. The van der Waals surface area contributed by atoms with Gasteiger partial charge in [0.25, 0.3) is 5.92 Å². The summed E-state index contributed by atoms with van der Waals surface area (Å²) in [6.45, 7) is 0.424. The maximum Gasteiger partial charge on any atom is 0.419 e. The normalized spacial score (nSPS) is 17.4. The number of aryl methyl sites for hydroxylation is 1. The van der Waals surface area contributed by atoms with Crippen LogP contribution in [-0.4, -0.2) is 39.5 Å². The quantitative estimate of drug-likeness (QED) is 0.610. The number of carbonyl (C=O) groups is 1. The third-order valence-corrected chi connectivity index (χ3v) is 5.37. The van der Waals surface area contributed by atoms with Gasteiger partial charge < -0.3 is 15.3 Å². The average molecular weight is 464 g/mol. The molecule has 6 nitrogen and oxygen atoms in total. The van der Waals surface area contributed by atoms with E-state index in [-0.39, 0.29) is 37.3 Å². The summed E-state index contributed by atoms with van der Waals surface area (Å²) in [4.78, 5) is 13.8. The molecule has 0 unspecified atom stereocenters. The molecule has 12 heteroatoms. The van der Waals surface area contributed by atoms with Crippen LogP contribution in [0.4, 0.5) is 36.8 Å². The molecule has 1 aromatic carbocycles. The van der Waals surface area contributed by atoms with Crippen molar-refractivity contribution in [1.82, 2.24) is 14.7 Å². The van der Waals surface area contributed by atoms with Crippen LogP contribution in [0.1, 0.15) is 41.8 Å². The minimum Gasteiger partial charge on any atom is -0.400 e. The maximum absolute atomic E-state index is 14.6. The molecule has 4 rings (SSSR count). The molecule has 3 heterocycles. The summed E-state index contributed by atoms with van der Waals surface area (Å²) in [5.41, 5.74) is -1.12. The predicted octanol–water partition coefficient (Wildman–Crippen LogP) is 4.52. The molecular weight excluding hydrogens is 442 g/mol. The van der Waals surface area contributed by atoms with Crippen LogP contribution in [0.15, 0.2) is 18.2 Å². The van der Waals surface area contributed by atoms with Crippen LogP contribution in [0, 0.1) is 5.82 Å². The number of aliphatic hydroxyl groups excluding tert-OH is 1. The Kier molecular flexibility index (Phi) is 6.72. The van der Waals surface area contributed by atoms with Gasteiger partial charge in [-0.25, -0.2) is 9.18 Å². The Morgan fingerprint density at radius 2 is 1.91 bits per heavy atom. The van der Waals surface area contributed by atoms with Crippen molar-refractivity contribution >= 4 is 11.7 Å². The Hall–Kier alpha value is -2.76. The number of nitrogens with zero attached hydrogens (tertiary/aromatic N) is 3. The Balaban J connectivity index is 0.00000141. The van der Waals surface area contributed by atoms with E-state index in [1.165, 1.54) is 9.58 Å². The molecule has 0 saturated carbocycles. The number of hydrogen-bond donors (Lipinski definition) is 2. The highest BCUT2D eigenvalue weighted by atomic mass is 19.4. The van der Waals surface area contributed by atoms with Crippen LogP contribution < -0.4 is 5.32 Å². The van der Waals surface area contributed by atoms with Crippen molar-refractivity contribution < 1.29 is 36.2 Å². The molecule has 0 bridgehead atoms. The summed E-state index contributed by atoms with van der Waals surface area (Å²) in [6.07, 6.45) is -4.00. The van der Waals surface area contributed by atoms with Crippen LogP contribution in [0.2, 0.25) is 0 Å². The maximum atomic E-state index is 14.6. The number of benzene rings is 1. The van der Waals surface area contributed by atoms with E-state index in [2.05, 4.69) is 10.4 Å². The minimum absolute atomic E-state index is 0.126. The fourth-order valence-electron chi connectivity index (χ4n) is 3.92. The van der Waals surface area contributed by atoms with Crippen LogP contribution in [0.5, 0.6) is 0 Å². The molecule has 2 N–H and O–H groups in total. The third-order valence-electron chi connectivity index (χ3n) is 5.37. The van der Waals surface area contributed by atoms with Gasteiger partial charge in [0, 0.05) is 44.3 Å². The summed E-state index contributed by atoms with van der Waals surface area (Å²) < 4.78 is 82.6. The molecule has 0 saturated heterocycles. The Morgan fingerprint density at radius 3 is 2.59 bits per heavy atom. The van der Waals surface area contributed by atoms with Crippen LogP contribution >= 0.6 is 0 Å². The second-order valence-electron chi connectivity index (χ2n) is 7.45. The van der Waals surface area contributed by atoms with E-state index >= 15 is 0 Å². The van der Waals surface area contributed by atoms with Crippen molar-refractivity contribution in [2.45, 2.75) is 50.9 Å². The van der Waals surface area contributed by atoms with Gasteiger partial charge in [0.2, 0.25) is 0 Å². The largest absolute Gasteiger partial charge is 0.419 e. The van der Waals surface area contributed by atoms with Crippen molar-refractivity contribution in [3.63, 3.8) is 0 Å². The van der Waals surface area contributed by atoms with E-state index in [9.17, 15) is 31.1 Å². The van der Waals surface area contributed by atoms with Gasteiger partial charge in [-0.05, 0) is 31.0 Å². The highest BCUT2D eigenvalue weighted by molar-refractivity contribution is 5.89. The number of alkyl halides is 5. The van der Waals surface area contributed by atoms with Gasteiger partial charge >= 0.3 is 12.2 Å². The summed E-state index contributed by atoms with van der Waals surface area (Å²) in [5, 5.41) is 13.6. The fourth-order valence-corrected chi connectivity index (χ4v) is 3.92. The number of aromatic nitrogens is 2. The van der Waals surface area contributed by atoms with Gasteiger partial charge in [-0.2, -0.15) is 27.1 Å². The number of nitrogens with one attached hydrogen (secondary N) is 1. The molecule has 0 atom stereocenters. The first-order chi connectivity index (χ1) is 15.1. The van der Waals surface area contributed by atoms with Crippen molar-refractivity contribution in [1.29, 1.82) is 0 Å². The molecule has 2 amide bonds. The second kappa shape index (κ2) is 9.00. The van der Waals surface area contributed by atoms with Crippen LogP contribution in [0.25, 0.3) is 0 Å². The number of anilines is 1. The third kappa shape index (κ3) is 4.69. The number of carbonyl (C=O) groups excluding carboxylic acids is 1. The number of fused-ring (bicyclic) bond motifs is 3. The lowest BCUT2D eigenvalue weighted by Gasteiger charge is -2.28. The number of halogens is 6. The first-order valence-electron chi connectivity index (χ1n) is 9.90. The molecule has 176 valence electrons. The van der Waals surface area contributed by atoms with E-state index in [1.807, 2.05) is 0 Å². The van der Waals surface area contributed by atoms with Crippen LogP contribution in [0.3, 0.4) is 0 Å². The molecule has 2 aliphatic rings. The molecule has 2 aliphatic heterocycles. The minimum atomic E-state index is -4.91. The lowest BCUT2D eigenvalue weighted by molar-refractivity contribution is -0.139. The van der Waals surface area contributed by atoms with Crippen LogP contribution in [-0.2, 0) is 31.6 Å². The number of urea groups is 1. The van der Waals surface area contributed by atoms with E-state index in [0.29, 0.717) is 42.8 Å². The monoisotopic (exact) mass is 464 g/mol. The summed E-state index contributed by atoms with van der Waals surface area (Å²) >= 11 is 0. The van der Waals surface area contributed by atoms with E-state index in [0.717, 1.165) is 13.2 Å². The van der Waals surface area contributed by atoms with Crippen molar-refractivity contribution in [2.75, 3.05) is 19.0 Å². The Bertz CT molecular complexity index is 989. The average Bonchev–Trinajstić information content (AvgIpc) is 3.04. The van der Waals surface area contributed by atoms with Gasteiger partial charge in [-0.15, -0.1) is 0 Å². The molecular formula is C20H22F6N4O2. The van der Waals surface area contributed by atoms with Crippen molar-refractivity contribution in [2.24, 2.45) is 0 Å². The highest BCUT2D eigenvalue weighted by Crippen LogP contribution is 2.40. The number of hydrogen-bond acceptors (Lipinski definition) is 3. The fraction of sp³-hybridized carbons (Fsp3) is 0.500. The van der Waals surface area contributed by atoms with Gasteiger partial charge in [0.05, 0.1) is 17.8 Å². The summed E-state index contributed by atoms with van der Waals surface area (Å²) in [7, 11) is 1.00. The van der Waals surface area contributed by atoms with E-state index < -0.39 is 29.5 Å². The molecule has 0 radical (unpaired) electrons. The molecule has 0 fully saturated rings. The summed E-state index contributed by atoms with van der Waals surface area (Å²) in [5.74, 6) is -4.51. The lowest BCUT2D eigenvalue weighted by atomic mass is 10.00. The van der Waals surface area contributed by atoms with Crippen molar-refractivity contribution in [3.8, 4) is 0 Å². The predicted molar refractivity (Wildman–Crippen MR) is 103 cm³/mol. The van der Waals surface area contributed by atoms with Gasteiger partial charge in [0.1, 0.15) is 11.5 Å². The molecule has 32 heavy (non-hydrogen) atoms. The van der Waals surface area contributed by atoms with Gasteiger partial charge in [-0.3, -0.25) is 4.68 Å². The highest BCUT2D eigenvalue weighted by Gasteiger charge is 2.42. The topological polar surface area (TPSA) is 70.4 Å².